The first kappa shape index (κ1) is 23.7. The number of alkyl halides is 2. The van der Waals surface area contributed by atoms with Crippen molar-refractivity contribution < 1.29 is 18.3 Å². The Morgan fingerprint density at radius 3 is 2.75 bits per heavy atom. The molecule has 0 unspecified atom stereocenters. The smallest absolute Gasteiger partial charge is 0.319 e. The van der Waals surface area contributed by atoms with Crippen molar-refractivity contribution in [3.05, 3.63) is 34.5 Å². The molecule has 2 aromatic rings. The first-order valence-corrected chi connectivity index (χ1v) is 10.4. The molecule has 172 valence electrons. The van der Waals surface area contributed by atoms with Crippen molar-refractivity contribution in [2.75, 3.05) is 25.0 Å². The standard InChI is InChI=1S/C20H24ClF2N7O2/c1-12-15(10-30(28-12)20(2,3)24-4)26-19-25-9-14(21)17(27-19)32-11-13-5-7-29(8-6-13)18(31)16(22)23/h9-10,13,16H,5-8,11H2,1-3H3,(H,25,26,27). The van der Waals surface area contributed by atoms with Crippen molar-refractivity contribution in [1.82, 2.24) is 24.6 Å². The van der Waals surface area contributed by atoms with E-state index in [4.69, 9.17) is 22.9 Å². The lowest BCUT2D eigenvalue weighted by atomic mass is 9.98. The van der Waals surface area contributed by atoms with E-state index >= 15 is 0 Å². The third kappa shape index (κ3) is 5.43. The highest BCUT2D eigenvalue weighted by atomic mass is 35.5. The maximum atomic E-state index is 12.6. The summed E-state index contributed by atoms with van der Waals surface area (Å²) in [6, 6.07) is 0. The topological polar surface area (TPSA) is 89.5 Å². The highest BCUT2D eigenvalue weighted by Crippen LogP contribution is 2.27. The van der Waals surface area contributed by atoms with Crippen molar-refractivity contribution in [3.63, 3.8) is 0 Å². The molecule has 1 saturated heterocycles. The summed E-state index contributed by atoms with van der Waals surface area (Å²) in [7, 11) is 0. The molecule has 1 aliphatic heterocycles. The van der Waals surface area contributed by atoms with Crippen LogP contribution in [0.5, 0.6) is 5.88 Å². The third-order valence-electron chi connectivity index (χ3n) is 5.26. The first-order chi connectivity index (χ1) is 15.1. The SMILES string of the molecule is [C-]#[N+]C(C)(C)n1cc(Nc2ncc(Cl)c(OCC3CCN(C(=O)C(F)F)CC3)n2)c(C)n1. The van der Waals surface area contributed by atoms with Crippen LogP contribution in [-0.4, -0.2) is 56.7 Å². The van der Waals surface area contributed by atoms with Gasteiger partial charge >= 0.3 is 12.1 Å². The van der Waals surface area contributed by atoms with Crippen LogP contribution in [0.3, 0.4) is 0 Å². The number of likely N-dealkylation sites (tertiary alicyclic amines) is 1. The number of carbonyl (C=O) groups is 1. The van der Waals surface area contributed by atoms with E-state index in [9.17, 15) is 13.6 Å². The van der Waals surface area contributed by atoms with E-state index in [-0.39, 0.29) is 35.9 Å². The predicted octanol–water partition coefficient (Wildman–Crippen LogP) is 3.87. The van der Waals surface area contributed by atoms with Crippen LogP contribution in [0, 0.1) is 19.4 Å². The largest absolute Gasteiger partial charge is 0.476 e. The van der Waals surface area contributed by atoms with Gasteiger partial charge < -0.3 is 15.0 Å². The molecule has 3 rings (SSSR count). The van der Waals surface area contributed by atoms with Gasteiger partial charge in [-0.1, -0.05) is 11.6 Å². The number of nitrogens with one attached hydrogen (secondary N) is 1. The van der Waals surface area contributed by atoms with Gasteiger partial charge in [0, 0.05) is 26.9 Å². The van der Waals surface area contributed by atoms with Crippen LogP contribution in [0.25, 0.3) is 4.85 Å². The van der Waals surface area contributed by atoms with Crippen LogP contribution in [-0.2, 0) is 10.5 Å². The second-order valence-electron chi connectivity index (χ2n) is 8.03. The fraction of sp³-hybridized carbons (Fsp3) is 0.550. The van der Waals surface area contributed by atoms with Gasteiger partial charge in [-0.2, -0.15) is 23.5 Å². The van der Waals surface area contributed by atoms with Gasteiger partial charge in [0.1, 0.15) is 5.02 Å². The number of nitrogens with zero attached hydrogens (tertiary/aromatic N) is 6. The van der Waals surface area contributed by atoms with Gasteiger partial charge in [-0.05, 0) is 25.7 Å². The molecule has 9 nitrogen and oxygen atoms in total. The predicted molar refractivity (Wildman–Crippen MR) is 114 cm³/mol. The minimum Gasteiger partial charge on any atom is -0.476 e. The van der Waals surface area contributed by atoms with Gasteiger partial charge in [0.2, 0.25) is 11.8 Å². The second kappa shape index (κ2) is 9.65. The zero-order valence-electron chi connectivity index (χ0n) is 18.0. The molecule has 1 aliphatic rings. The van der Waals surface area contributed by atoms with E-state index in [2.05, 4.69) is 25.2 Å². The molecular formula is C20H24ClF2N7O2. The Bertz CT molecular complexity index is 1010. The number of hydrogen-bond acceptors (Lipinski definition) is 6. The summed E-state index contributed by atoms with van der Waals surface area (Å²) in [5, 5.41) is 7.67. The normalized spacial score (nSPS) is 15.0. The third-order valence-corrected chi connectivity index (χ3v) is 5.52. The van der Waals surface area contributed by atoms with E-state index < -0.39 is 18.0 Å². The molecule has 0 aliphatic carbocycles. The molecule has 12 heteroatoms. The molecule has 0 spiro atoms. The molecule has 0 radical (unpaired) electrons. The van der Waals surface area contributed by atoms with E-state index in [0.29, 0.717) is 30.8 Å². The van der Waals surface area contributed by atoms with Gasteiger partial charge in [0.15, 0.2) is 0 Å². The Hall–Kier alpha value is -3.00. The van der Waals surface area contributed by atoms with Crippen molar-refractivity contribution in [1.29, 1.82) is 0 Å². The highest BCUT2D eigenvalue weighted by molar-refractivity contribution is 6.31. The average molecular weight is 468 g/mol. The number of ether oxygens (including phenoxy) is 1. The number of amides is 1. The lowest BCUT2D eigenvalue weighted by molar-refractivity contribution is -0.144. The molecule has 1 fully saturated rings. The number of carbonyl (C=O) groups excluding carboxylic acids is 1. The summed E-state index contributed by atoms with van der Waals surface area (Å²) in [5.41, 5.74) is 0.494. The summed E-state index contributed by atoms with van der Waals surface area (Å²) >= 11 is 6.17. The number of aromatic nitrogens is 4. The monoisotopic (exact) mass is 467 g/mol. The van der Waals surface area contributed by atoms with Gasteiger partial charge in [0.05, 0.1) is 30.4 Å². The molecule has 1 amide bonds. The summed E-state index contributed by atoms with van der Waals surface area (Å²) in [6.45, 7) is 13.5. The minimum atomic E-state index is -2.98. The summed E-state index contributed by atoms with van der Waals surface area (Å²) < 4.78 is 32.4. The zero-order valence-corrected chi connectivity index (χ0v) is 18.7. The molecule has 0 saturated carbocycles. The van der Waals surface area contributed by atoms with Crippen LogP contribution >= 0.6 is 11.6 Å². The Morgan fingerprint density at radius 1 is 1.44 bits per heavy atom. The Labute approximate surface area is 189 Å². The highest BCUT2D eigenvalue weighted by Gasteiger charge is 2.29. The summed E-state index contributed by atoms with van der Waals surface area (Å²) in [6.07, 6.45) is 1.26. The van der Waals surface area contributed by atoms with Crippen LogP contribution in [0.2, 0.25) is 5.02 Å². The number of piperidine rings is 1. The van der Waals surface area contributed by atoms with Crippen molar-refractivity contribution in [2.24, 2.45) is 5.92 Å². The van der Waals surface area contributed by atoms with Crippen molar-refractivity contribution in [3.8, 4) is 5.88 Å². The van der Waals surface area contributed by atoms with E-state index in [0.717, 1.165) is 0 Å². The maximum absolute atomic E-state index is 12.6. The molecule has 0 bridgehead atoms. The number of aryl methyl sites for hydroxylation is 1. The van der Waals surface area contributed by atoms with E-state index in [1.54, 1.807) is 31.6 Å². The van der Waals surface area contributed by atoms with Crippen LogP contribution in [0.15, 0.2) is 12.4 Å². The Morgan fingerprint density at radius 2 is 2.12 bits per heavy atom. The summed E-state index contributed by atoms with van der Waals surface area (Å²) in [5.74, 6) is -0.584. The molecule has 0 aromatic carbocycles. The number of hydrogen-bond donors (Lipinski definition) is 1. The molecule has 32 heavy (non-hydrogen) atoms. The quantitative estimate of drug-likeness (QED) is 0.622. The zero-order chi connectivity index (χ0) is 23.5. The summed E-state index contributed by atoms with van der Waals surface area (Å²) in [4.78, 5) is 24.6. The van der Waals surface area contributed by atoms with Crippen LogP contribution < -0.4 is 10.1 Å². The molecule has 3 heterocycles. The lowest BCUT2D eigenvalue weighted by Crippen LogP contribution is -2.42. The van der Waals surface area contributed by atoms with Crippen molar-refractivity contribution >= 4 is 29.1 Å². The van der Waals surface area contributed by atoms with Crippen LogP contribution in [0.4, 0.5) is 20.4 Å². The van der Waals surface area contributed by atoms with Gasteiger partial charge in [-0.3, -0.25) is 9.64 Å². The second-order valence-corrected chi connectivity index (χ2v) is 8.44. The number of halogens is 3. The van der Waals surface area contributed by atoms with E-state index in [1.807, 2.05) is 0 Å². The lowest BCUT2D eigenvalue weighted by Gasteiger charge is -2.31. The fourth-order valence-corrected chi connectivity index (χ4v) is 3.35. The average Bonchev–Trinajstić information content (AvgIpc) is 3.15. The van der Waals surface area contributed by atoms with Gasteiger partial charge in [-0.25, -0.2) is 11.6 Å². The molecular weight excluding hydrogens is 444 g/mol. The Balaban J connectivity index is 1.61. The minimum absolute atomic E-state index is 0.0930. The number of rotatable bonds is 7. The van der Waals surface area contributed by atoms with Gasteiger partial charge in [-0.15, -0.1) is 0 Å². The van der Waals surface area contributed by atoms with Gasteiger partial charge in [0.25, 0.3) is 5.91 Å². The van der Waals surface area contributed by atoms with Crippen LogP contribution in [0.1, 0.15) is 32.4 Å². The maximum Gasteiger partial charge on any atom is 0.319 e. The Kier molecular flexibility index (Phi) is 7.13. The first-order valence-electron chi connectivity index (χ1n) is 10.1. The van der Waals surface area contributed by atoms with Crippen molar-refractivity contribution in [2.45, 2.75) is 45.7 Å². The molecule has 1 N–H and O–H groups in total. The number of anilines is 2. The fourth-order valence-electron chi connectivity index (χ4n) is 3.20. The molecule has 2 aromatic heterocycles. The van der Waals surface area contributed by atoms with E-state index in [1.165, 1.54) is 11.1 Å². The molecule has 0 atom stereocenters.